The van der Waals surface area contributed by atoms with Gasteiger partial charge in [-0.1, -0.05) is 36.0 Å². The molecule has 4 aromatic rings. The predicted octanol–water partition coefficient (Wildman–Crippen LogP) is 7.54. The molecule has 0 saturated heterocycles. The second-order valence-electron chi connectivity index (χ2n) is 8.76. The topological polar surface area (TPSA) is 61.9 Å². The summed E-state index contributed by atoms with van der Waals surface area (Å²) in [5.74, 6) is 0. The number of anilines is 2. The molecule has 3 N–H and O–H groups in total. The molecular weight excluding hydrogens is 477 g/mol. The minimum absolute atomic E-state index is 0.719. The Kier molecular flexibility index (Phi) is 9.82. The molecule has 5 nitrogen and oxygen atoms in total. The summed E-state index contributed by atoms with van der Waals surface area (Å²) < 4.78 is 0. The lowest BCUT2D eigenvalue weighted by molar-refractivity contribution is 0.576. The first-order chi connectivity index (χ1) is 17.2. The van der Waals surface area contributed by atoms with E-state index >= 15 is 0 Å². The van der Waals surface area contributed by atoms with Gasteiger partial charge in [0.1, 0.15) is 0 Å². The summed E-state index contributed by atoms with van der Waals surface area (Å²) in [6, 6.07) is 15.8. The summed E-state index contributed by atoms with van der Waals surface area (Å²) in [7, 11) is 0. The third kappa shape index (κ3) is 7.69. The van der Waals surface area contributed by atoms with Crippen LogP contribution in [0.25, 0.3) is 21.8 Å². The number of benzene rings is 2. The van der Waals surface area contributed by atoms with Crippen molar-refractivity contribution < 1.29 is 0 Å². The zero-order valence-corrected chi connectivity index (χ0v) is 21.5. The van der Waals surface area contributed by atoms with Gasteiger partial charge in [0, 0.05) is 57.7 Å². The van der Waals surface area contributed by atoms with E-state index in [2.05, 4.69) is 25.9 Å². The predicted molar refractivity (Wildman–Crippen MR) is 151 cm³/mol. The number of hydrogen-bond donors (Lipinski definition) is 3. The summed E-state index contributed by atoms with van der Waals surface area (Å²) in [4.78, 5) is 8.79. The Hall–Kier alpha value is -2.60. The first-order valence-electron chi connectivity index (χ1n) is 12.5. The maximum Gasteiger partial charge on any atom is 0.0737 e. The van der Waals surface area contributed by atoms with Crippen molar-refractivity contribution in [3.63, 3.8) is 0 Å². The molecule has 0 atom stereocenters. The minimum Gasteiger partial charge on any atom is -0.384 e. The highest BCUT2D eigenvalue weighted by atomic mass is 35.5. The van der Waals surface area contributed by atoms with E-state index in [1.807, 2.05) is 60.9 Å². The van der Waals surface area contributed by atoms with Crippen LogP contribution in [0.3, 0.4) is 0 Å². The lowest BCUT2D eigenvalue weighted by atomic mass is 10.1. The molecule has 0 bridgehead atoms. The van der Waals surface area contributed by atoms with Gasteiger partial charge in [-0.05, 0) is 87.3 Å². The van der Waals surface area contributed by atoms with Crippen LogP contribution >= 0.6 is 23.2 Å². The van der Waals surface area contributed by atoms with E-state index in [-0.39, 0.29) is 0 Å². The molecule has 0 spiro atoms. The fraction of sp³-hybridized carbons (Fsp3) is 0.357. The second-order valence-corrected chi connectivity index (χ2v) is 9.64. The molecule has 0 aliphatic heterocycles. The lowest BCUT2D eigenvalue weighted by Crippen LogP contribution is -2.17. The van der Waals surface area contributed by atoms with Crippen LogP contribution in [0, 0.1) is 0 Å². The van der Waals surface area contributed by atoms with Crippen LogP contribution in [0.15, 0.2) is 60.9 Å². The zero-order chi connectivity index (χ0) is 24.3. The van der Waals surface area contributed by atoms with Crippen LogP contribution in [0.1, 0.15) is 38.5 Å². The third-order valence-electron chi connectivity index (χ3n) is 6.10. The summed E-state index contributed by atoms with van der Waals surface area (Å²) in [6.45, 7) is 4.10. The number of fused-ring (bicyclic) bond motifs is 2. The molecule has 0 saturated carbocycles. The number of halogens is 2. The molecule has 0 fully saturated rings. The third-order valence-corrected chi connectivity index (χ3v) is 6.57. The van der Waals surface area contributed by atoms with Crippen molar-refractivity contribution in [1.29, 1.82) is 0 Å². The number of unbranched alkanes of at least 4 members (excludes halogenated alkanes) is 4. The van der Waals surface area contributed by atoms with E-state index < -0.39 is 0 Å². The summed E-state index contributed by atoms with van der Waals surface area (Å²) in [5.41, 5.74) is 4.11. The molecule has 0 aliphatic carbocycles. The molecule has 0 unspecified atom stereocenters. The molecule has 4 rings (SSSR count). The Labute approximate surface area is 217 Å². The number of nitrogens with one attached hydrogen (secondary N) is 3. The fourth-order valence-electron chi connectivity index (χ4n) is 4.23. The largest absolute Gasteiger partial charge is 0.384 e. The fourth-order valence-corrected chi connectivity index (χ4v) is 4.56. The molecule has 7 heteroatoms. The monoisotopic (exact) mass is 509 g/mol. The number of nitrogens with zero attached hydrogens (tertiary/aromatic N) is 2. The average Bonchev–Trinajstić information content (AvgIpc) is 2.86. The van der Waals surface area contributed by atoms with Gasteiger partial charge in [-0.25, -0.2) is 0 Å². The van der Waals surface area contributed by atoms with Gasteiger partial charge in [0.2, 0.25) is 0 Å². The average molecular weight is 511 g/mol. The van der Waals surface area contributed by atoms with Crippen molar-refractivity contribution in [1.82, 2.24) is 15.3 Å². The first-order valence-corrected chi connectivity index (χ1v) is 13.2. The number of rotatable bonds is 14. The molecule has 184 valence electrons. The lowest BCUT2D eigenvalue weighted by Gasteiger charge is -2.10. The van der Waals surface area contributed by atoms with Crippen molar-refractivity contribution in [3.8, 4) is 0 Å². The zero-order valence-electron chi connectivity index (χ0n) is 20.0. The highest BCUT2D eigenvalue weighted by molar-refractivity contribution is 6.31. The maximum atomic E-state index is 6.07. The van der Waals surface area contributed by atoms with E-state index in [9.17, 15) is 0 Å². The minimum atomic E-state index is 0.719. The van der Waals surface area contributed by atoms with E-state index in [0.717, 1.165) is 82.2 Å². The van der Waals surface area contributed by atoms with Crippen molar-refractivity contribution in [2.24, 2.45) is 0 Å². The van der Waals surface area contributed by atoms with Gasteiger partial charge in [-0.15, -0.1) is 0 Å². The number of aromatic nitrogens is 2. The van der Waals surface area contributed by atoms with Crippen molar-refractivity contribution in [2.75, 3.05) is 36.8 Å². The first kappa shape index (κ1) is 25.5. The number of hydrogen-bond acceptors (Lipinski definition) is 5. The molecular formula is C28H33Cl2N5. The Balaban J connectivity index is 1.01. The standard InChI is InChI=1S/C28H33Cl2N5/c29-21-7-9-23-25(11-17-34-27(23)19-21)32-15-5-1-3-13-31-14-4-2-6-16-33-26-12-18-35-28-20-22(30)8-10-24(26)28/h7-12,17-20,31H,1-6,13-16H2,(H,32,34)(H,33,35). The van der Waals surface area contributed by atoms with Gasteiger partial charge < -0.3 is 16.0 Å². The molecule has 2 aromatic carbocycles. The van der Waals surface area contributed by atoms with Crippen molar-refractivity contribution >= 4 is 56.4 Å². The molecule has 2 aromatic heterocycles. The Morgan fingerprint density at radius 2 is 1.00 bits per heavy atom. The van der Waals surface area contributed by atoms with E-state index in [4.69, 9.17) is 23.2 Å². The smallest absolute Gasteiger partial charge is 0.0737 e. The molecule has 0 radical (unpaired) electrons. The molecule has 35 heavy (non-hydrogen) atoms. The van der Waals surface area contributed by atoms with Gasteiger partial charge in [-0.2, -0.15) is 0 Å². The van der Waals surface area contributed by atoms with Crippen molar-refractivity contribution in [3.05, 3.63) is 71.0 Å². The maximum absolute atomic E-state index is 6.07. The highest BCUT2D eigenvalue weighted by Crippen LogP contribution is 2.25. The molecule has 0 amide bonds. The van der Waals surface area contributed by atoms with Gasteiger partial charge >= 0.3 is 0 Å². The van der Waals surface area contributed by atoms with Crippen LogP contribution in [-0.2, 0) is 0 Å². The van der Waals surface area contributed by atoms with Gasteiger partial charge in [0.15, 0.2) is 0 Å². The van der Waals surface area contributed by atoms with Crippen LogP contribution in [0.5, 0.6) is 0 Å². The van der Waals surface area contributed by atoms with Crippen molar-refractivity contribution in [2.45, 2.75) is 38.5 Å². The Morgan fingerprint density at radius 3 is 1.49 bits per heavy atom. The second kappa shape index (κ2) is 13.5. The summed E-state index contributed by atoms with van der Waals surface area (Å²) in [5, 5.41) is 14.3. The van der Waals surface area contributed by atoms with Crippen LogP contribution in [0.2, 0.25) is 10.0 Å². The van der Waals surface area contributed by atoms with E-state index in [0.29, 0.717) is 0 Å². The van der Waals surface area contributed by atoms with Crippen LogP contribution in [-0.4, -0.2) is 36.1 Å². The summed E-state index contributed by atoms with van der Waals surface area (Å²) in [6.07, 6.45) is 10.8. The van der Waals surface area contributed by atoms with Gasteiger partial charge in [-0.3, -0.25) is 9.97 Å². The van der Waals surface area contributed by atoms with E-state index in [1.165, 1.54) is 25.7 Å². The molecule has 2 heterocycles. The number of pyridine rings is 2. The Morgan fingerprint density at radius 1 is 0.543 bits per heavy atom. The quantitative estimate of drug-likeness (QED) is 0.153. The van der Waals surface area contributed by atoms with Gasteiger partial charge in [0.05, 0.1) is 11.0 Å². The Bertz CT molecular complexity index is 1140. The molecule has 0 aliphatic rings. The normalized spacial score (nSPS) is 11.3. The highest BCUT2D eigenvalue weighted by Gasteiger charge is 2.03. The summed E-state index contributed by atoms with van der Waals surface area (Å²) >= 11 is 12.1. The SMILES string of the molecule is Clc1ccc2c(NCCCCCNCCCCCNc3ccnc4cc(Cl)ccc34)ccnc2c1. The van der Waals surface area contributed by atoms with Crippen LogP contribution in [0.4, 0.5) is 11.4 Å². The van der Waals surface area contributed by atoms with Gasteiger partial charge in [0.25, 0.3) is 0 Å². The van der Waals surface area contributed by atoms with Crippen LogP contribution < -0.4 is 16.0 Å². The van der Waals surface area contributed by atoms with E-state index in [1.54, 1.807) is 0 Å².